The van der Waals surface area contributed by atoms with E-state index in [2.05, 4.69) is 10.1 Å². The molecule has 0 bridgehead atoms. The highest BCUT2D eigenvalue weighted by molar-refractivity contribution is 6.03. The molecule has 16 heavy (non-hydrogen) atoms. The Morgan fingerprint density at radius 1 is 1.19 bits per heavy atom. The summed E-state index contributed by atoms with van der Waals surface area (Å²) >= 11 is 0. The van der Waals surface area contributed by atoms with Gasteiger partial charge >= 0.3 is 0 Å². The van der Waals surface area contributed by atoms with Crippen LogP contribution in [-0.4, -0.2) is 19.3 Å². The topological polar surface area (TPSA) is 59.5 Å². The first kappa shape index (κ1) is 9.08. The summed E-state index contributed by atoms with van der Waals surface area (Å²) < 4.78 is 3.45. The number of para-hydroxylation sites is 1. The average Bonchev–Trinajstić information content (AvgIpc) is 2.55. The number of aromatic nitrogens is 4. The van der Waals surface area contributed by atoms with Crippen LogP contribution < -0.4 is 5.62 Å². The predicted molar refractivity (Wildman–Crippen MR) is 60.8 cm³/mol. The van der Waals surface area contributed by atoms with Gasteiger partial charge in [0.05, 0.1) is 5.52 Å². The monoisotopic (exact) mass is 213 g/mol. The van der Waals surface area contributed by atoms with Crippen LogP contribution in [0.4, 0.5) is 0 Å². The fourth-order valence-electron chi connectivity index (χ4n) is 1.96. The van der Waals surface area contributed by atoms with E-state index in [9.17, 15) is 0 Å². The van der Waals surface area contributed by atoms with Crippen LogP contribution >= 0.6 is 0 Å². The van der Waals surface area contributed by atoms with Gasteiger partial charge in [-0.05, 0) is 6.07 Å². The van der Waals surface area contributed by atoms with Crippen molar-refractivity contribution in [3.8, 4) is 0 Å². The van der Waals surface area contributed by atoms with Crippen molar-refractivity contribution in [3.63, 3.8) is 0 Å². The van der Waals surface area contributed by atoms with Crippen molar-refractivity contribution in [1.29, 1.82) is 5.41 Å². The normalized spacial score (nSPS) is 11.4. The van der Waals surface area contributed by atoms with Gasteiger partial charge in [-0.15, -0.1) is 0 Å². The minimum absolute atomic E-state index is 0.165. The maximum absolute atomic E-state index is 7.65. The second kappa shape index (κ2) is 2.91. The van der Waals surface area contributed by atoms with Crippen molar-refractivity contribution >= 4 is 22.1 Å². The summed E-state index contributed by atoms with van der Waals surface area (Å²) in [6, 6.07) is 8.03. The molecule has 0 spiro atoms. The molecule has 80 valence electrons. The van der Waals surface area contributed by atoms with Gasteiger partial charge in [0, 0.05) is 19.5 Å². The predicted octanol–water partition coefficient (Wildman–Crippen LogP) is 0.939. The summed E-state index contributed by atoms with van der Waals surface area (Å²) in [7, 11) is 3.68. The molecule has 5 heteroatoms. The lowest BCUT2D eigenvalue weighted by Crippen LogP contribution is -2.22. The van der Waals surface area contributed by atoms with E-state index in [1.165, 1.54) is 4.68 Å². The molecule has 0 aliphatic heterocycles. The molecule has 0 amide bonds. The average molecular weight is 213 g/mol. The first-order chi connectivity index (χ1) is 7.68. The molecule has 0 saturated carbocycles. The highest BCUT2D eigenvalue weighted by atomic mass is 15.3. The number of benzene rings is 1. The molecule has 2 heterocycles. The molecule has 0 unspecified atom stereocenters. The van der Waals surface area contributed by atoms with Gasteiger partial charge in [0.2, 0.25) is 5.62 Å². The Kier molecular flexibility index (Phi) is 1.65. The van der Waals surface area contributed by atoms with Gasteiger partial charge in [-0.3, -0.25) is 5.41 Å². The van der Waals surface area contributed by atoms with Gasteiger partial charge in [-0.1, -0.05) is 18.2 Å². The maximum Gasteiger partial charge on any atom is 0.240 e. The molecular formula is C11H11N5. The minimum atomic E-state index is 0.165. The molecule has 0 atom stereocenters. The molecule has 1 N–H and O–H groups in total. The Labute approximate surface area is 91.5 Å². The highest BCUT2D eigenvalue weighted by Gasteiger charge is 2.10. The maximum atomic E-state index is 7.65. The van der Waals surface area contributed by atoms with Gasteiger partial charge in [0.15, 0.2) is 5.65 Å². The molecule has 1 aromatic carbocycles. The lowest BCUT2D eigenvalue weighted by Gasteiger charge is -1.98. The van der Waals surface area contributed by atoms with E-state index in [0.717, 1.165) is 22.1 Å². The van der Waals surface area contributed by atoms with Crippen molar-refractivity contribution < 1.29 is 0 Å². The van der Waals surface area contributed by atoms with Crippen LogP contribution in [0.25, 0.3) is 22.1 Å². The van der Waals surface area contributed by atoms with Crippen molar-refractivity contribution in [1.82, 2.24) is 19.3 Å². The van der Waals surface area contributed by atoms with E-state index in [-0.39, 0.29) is 5.62 Å². The Hall–Kier alpha value is -2.17. The van der Waals surface area contributed by atoms with Gasteiger partial charge in [-0.2, -0.15) is 10.1 Å². The number of aryl methyl sites for hydroxylation is 2. The van der Waals surface area contributed by atoms with Crippen LogP contribution in [0.1, 0.15) is 0 Å². The van der Waals surface area contributed by atoms with E-state index >= 15 is 0 Å². The number of nitrogens with one attached hydrogen (secondary N) is 1. The van der Waals surface area contributed by atoms with Crippen LogP contribution in [0.3, 0.4) is 0 Å². The van der Waals surface area contributed by atoms with E-state index in [1.54, 1.807) is 7.05 Å². The van der Waals surface area contributed by atoms with Gasteiger partial charge in [0.25, 0.3) is 0 Å². The lowest BCUT2D eigenvalue weighted by atomic mass is 10.2. The first-order valence-electron chi connectivity index (χ1n) is 5.01. The van der Waals surface area contributed by atoms with Crippen LogP contribution in [0, 0.1) is 5.41 Å². The standard InChI is InChI=1S/C11H11N5/c1-15-8-6-4-3-5-7(8)9-10(15)13-11(12)16(2)14-9/h3-6,12H,1-2H3. The van der Waals surface area contributed by atoms with E-state index in [1.807, 2.05) is 35.9 Å². The number of hydrogen-bond acceptors (Lipinski definition) is 3. The second-order valence-electron chi connectivity index (χ2n) is 3.81. The molecule has 0 radical (unpaired) electrons. The molecule has 5 nitrogen and oxygen atoms in total. The number of fused-ring (bicyclic) bond motifs is 3. The number of hydrogen-bond donors (Lipinski definition) is 1. The Morgan fingerprint density at radius 3 is 2.75 bits per heavy atom. The zero-order valence-corrected chi connectivity index (χ0v) is 9.10. The van der Waals surface area contributed by atoms with Gasteiger partial charge < -0.3 is 4.57 Å². The third kappa shape index (κ3) is 1.02. The molecule has 0 saturated heterocycles. The molecular weight excluding hydrogens is 202 g/mol. The third-order valence-electron chi connectivity index (χ3n) is 2.82. The Bertz CT molecular complexity index is 750. The van der Waals surface area contributed by atoms with Crippen LogP contribution in [0.15, 0.2) is 24.3 Å². The molecule has 3 aromatic rings. The minimum Gasteiger partial charge on any atom is -0.327 e. The summed E-state index contributed by atoms with van der Waals surface area (Å²) in [6.07, 6.45) is 0. The Morgan fingerprint density at radius 2 is 1.94 bits per heavy atom. The summed E-state index contributed by atoms with van der Waals surface area (Å²) in [6.45, 7) is 0. The van der Waals surface area contributed by atoms with Crippen LogP contribution in [0.2, 0.25) is 0 Å². The van der Waals surface area contributed by atoms with E-state index in [0.29, 0.717) is 0 Å². The third-order valence-corrected chi connectivity index (χ3v) is 2.82. The zero-order chi connectivity index (χ0) is 11.3. The largest absolute Gasteiger partial charge is 0.327 e. The summed E-state index contributed by atoms with van der Waals surface area (Å²) in [5.74, 6) is 0. The lowest BCUT2D eigenvalue weighted by molar-refractivity contribution is 0.663. The summed E-state index contributed by atoms with van der Waals surface area (Å²) in [4.78, 5) is 4.24. The zero-order valence-electron chi connectivity index (χ0n) is 9.10. The summed E-state index contributed by atoms with van der Waals surface area (Å²) in [5, 5.41) is 13.1. The van der Waals surface area contributed by atoms with Crippen LogP contribution in [0.5, 0.6) is 0 Å². The number of rotatable bonds is 0. The SMILES string of the molecule is Cn1nc2c3ccccc3n(C)c2nc1=N. The molecule has 3 rings (SSSR count). The smallest absolute Gasteiger partial charge is 0.240 e. The fraction of sp³-hybridized carbons (Fsp3) is 0.182. The van der Waals surface area contributed by atoms with E-state index in [4.69, 9.17) is 5.41 Å². The number of nitrogens with zero attached hydrogens (tertiary/aromatic N) is 4. The van der Waals surface area contributed by atoms with Crippen molar-refractivity contribution in [2.45, 2.75) is 0 Å². The van der Waals surface area contributed by atoms with Crippen LogP contribution in [-0.2, 0) is 14.1 Å². The quantitative estimate of drug-likeness (QED) is 0.604. The molecule has 0 aliphatic rings. The van der Waals surface area contributed by atoms with Crippen molar-refractivity contribution in [2.24, 2.45) is 14.1 Å². The molecule has 0 aliphatic carbocycles. The van der Waals surface area contributed by atoms with Gasteiger partial charge in [-0.25, -0.2) is 4.68 Å². The van der Waals surface area contributed by atoms with Crippen molar-refractivity contribution in [2.75, 3.05) is 0 Å². The Balaban J connectivity index is 2.67. The highest BCUT2D eigenvalue weighted by Crippen LogP contribution is 2.23. The first-order valence-corrected chi connectivity index (χ1v) is 5.01. The van der Waals surface area contributed by atoms with Gasteiger partial charge in [0.1, 0.15) is 5.52 Å². The second-order valence-corrected chi connectivity index (χ2v) is 3.81. The fourth-order valence-corrected chi connectivity index (χ4v) is 1.96. The summed E-state index contributed by atoms with van der Waals surface area (Å²) in [5.41, 5.74) is 2.85. The van der Waals surface area contributed by atoms with Crippen molar-refractivity contribution in [3.05, 3.63) is 29.9 Å². The molecule has 2 aromatic heterocycles. The molecule has 0 fully saturated rings. The van der Waals surface area contributed by atoms with E-state index < -0.39 is 0 Å².